The molecule has 0 radical (unpaired) electrons. The molecule has 1 saturated heterocycles. The van der Waals surface area contributed by atoms with Crippen LogP contribution in [0.4, 0.5) is 4.79 Å². The van der Waals surface area contributed by atoms with Crippen LogP contribution in [-0.4, -0.2) is 41.8 Å². The Morgan fingerprint density at radius 2 is 2.40 bits per heavy atom. The van der Waals surface area contributed by atoms with Crippen molar-refractivity contribution >= 4 is 12.1 Å². The molecular formula is C10H17NO4. The molecule has 1 rings (SSSR count). The Labute approximate surface area is 89.0 Å². The van der Waals surface area contributed by atoms with Gasteiger partial charge in [-0.1, -0.05) is 13.3 Å². The Morgan fingerprint density at radius 1 is 1.67 bits per heavy atom. The van der Waals surface area contributed by atoms with Crippen molar-refractivity contribution in [1.29, 1.82) is 0 Å². The van der Waals surface area contributed by atoms with Crippen molar-refractivity contribution in [2.75, 3.05) is 19.7 Å². The van der Waals surface area contributed by atoms with E-state index in [4.69, 9.17) is 9.84 Å². The summed E-state index contributed by atoms with van der Waals surface area (Å²) in [7, 11) is 0. The Hall–Kier alpha value is -1.26. The van der Waals surface area contributed by atoms with Crippen molar-refractivity contribution in [2.24, 2.45) is 5.92 Å². The van der Waals surface area contributed by atoms with Gasteiger partial charge in [0.05, 0.1) is 13.0 Å². The summed E-state index contributed by atoms with van der Waals surface area (Å²) in [6, 6.07) is 0. The molecule has 5 nitrogen and oxygen atoms in total. The fourth-order valence-electron chi connectivity index (χ4n) is 1.62. The molecular weight excluding hydrogens is 198 g/mol. The quantitative estimate of drug-likeness (QED) is 0.751. The largest absolute Gasteiger partial charge is 0.481 e. The highest BCUT2D eigenvalue weighted by Crippen LogP contribution is 2.15. The van der Waals surface area contributed by atoms with Crippen LogP contribution in [0.2, 0.25) is 0 Å². The highest BCUT2D eigenvalue weighted by molar-refractivity contribution is 5.70. The van der Waals surface area contributed by atoms with Crippen LogP contribution in [-0.2, 0) is 9.53 Å². The van der Waals surface area contributed by atoms with E-state index in [9.17, 15) is 9.59 Å². The molecule has 5 heteroatoms. The lowest BCUT2D eigenvalue weighted by molar-refractivity contribution is -0.139. The lowest BCUT2D eigenvalue weighted by atomic mass is 10.1. The standard InChI is InChI=1S/C10H17NO4/c1-2-3-4-11-6-8(5-9(12)13)7-15-10(11)14/h8H,2-7H2,1H3,(H,12,13). The molecule has 15 heavy (non-hydrogen) atoms. The molecule has 1 aliphatic heterocycles. The van der Waals surface area contributed by atoms with Gasteiger partial charge >= 0.3 is 12.1 Å². The molecule has 1 aliphatic rings. The molecule has 1 heterocycles. The molecule has 1 N–H and O–H groups in total. The molecule has 0 aliphatic carbocycles. The van der Waals surface area contributed by atoms with Gasteiger partial charge in [0, 0.05) is 19.0 Å². The first-order chi connectivity index (χ1) is 7.13. The van der Waals surface area contributed by atoms with Crippen LogP contribution in [0.25, 0.3) is 0 Å². The van der Waals surface area contributed by atoms with Gasteiger partial charge in [0.2, 0.25) is 0 Å². The minimum atomic E-state index is -0.839. The number of hydrogen-bond donors (Lipinski definition) is 1. The maximum atomic E-state index is 11.3. The molecule has 0 aromatic heterocycles. The van der Waals surface area contributed by atoms with Gasteiger partial charge in [-0.25, -0.2) is 4.79 Å². The Morgan fingerprint density at radius 3 is 3.00 bits per heavy atom. The van der Waals surface area contributed by atoms with Crippen LogP contribution in [0, 0.1) is 5.92 Å². The number of hydrogen-bond acceptors (Lipinski definition) is 3. The second-order valence-electron chi connectivity index (χ2n) is 3.84. The van der Waals surface area contributed by atoms with Crippen molar-refractivity contribution in [3.8, 4) is 0 Å². The summed E-state index contributed by atoms with van der Waals surface area (Å²) in [5, 5.41) is 8.63. The van der Waals surface area contributed by atoms with Crippen LogP contribution in [0.5, 0.6) is 0 Å². The number of carbonyl (C=O) groups excluding carboxylic acids is 1. The summed E-state index contributed by atoms with van der Waals surface area (Å²) in [4.78, 5) is 23.4. The number of aliphatic carboxylic acids is 1. The van der Waals surface area contributed by atoms with Crippen LogP contribution < -0.4 is 0 Å². The Balaban J connectivity index is 2.40. The van der Waals surface area contributed by atoms with Crippen molar-refractivity contribution in [1.82, 2.24) is 4.90 Å². The zero-order valence-corrected chi connectivity index (χ0v) is 8.94. The number of carbonyl (C=O) groups is 2. The van der Waals surface area contributed by atoms with E-state index in [0.29, 0.717) is 13.1 Å². The number of carboxylic acid groups (broad SMARTS) is 1. The van der Waals surface area contributed by atoms with Gasteiger partial charge in [0.25, 0.3) is 0 Å². The third-order valence-corrected chi connectivity index (χ3v) is 2.42. The van der Waals surface area contributed by atoms with E-state index >= 15 is 0 Å². The van der Waals surface area contributed by atoms with Gasteiger partial charge in [0.1, 0.15) is 0 Å². The Bertz CT molecular complexity index is 242. The summed E-state index contributed by atoms with van der Waals surface area (Å²) in [5.41, 5.74) is 0. The van der Waals surface area contributed by atoms with Gasteiger partial charge in [-0.05, 0) is 6.42 Å². The predicted octanol–water partition coefficient (Wildman–Crippen LogP) is 1.33. The molecule has 1 unspecified atom stereocenters. The number of rotatable bonds is 5. The number of unbranched alkanes of at least 4 members (excludes halogenated alkanes) is 1. The van der Waals surface area contributed by atoms with E-state index in [-0.39, 0.29) is 25.0 Å². The molecule has 1 amide bonds. The summed E-state index contributed by atoms with van der Waals surface area (Å²) < 4.78 is 4.92. The molecule has 1 atom stereocenters. The average molecular weight is 215 g/mol. The zero-order valence-electron chi connectivity index (χ0n) is 8.94. The van der Waals surface area contributed by atoms with E-state index in [1.54, 1.807) is 4.90 Å². The van der Waals surface area contributed by atoms with Gasteiger partial charge in [0.15, 0.2) is 0 Å². The fourth-order valence-corrected chi connectivity index (χ4v) is 1.62. The summed E-state index contributed by atoms with van der Waals surface area (Å²) >= 11 is 0. The van der Waals surface area contributed by atoms with Gasteiger partial charge < -0.3 is 14.7 Å². The molecule has 0 aromatic rings. The van der Waals surface area contributed by atoms with Crippen molar-refractivity contribution in [3.05, 3.63) is 0 Å². The third kappa shape index (κ3) is 3.77. The van der Waals surface area contributed by atoms with E-state index in [1.807, 2.05) is 6.92 Å². The molecule has 1 fully saturated rings. The summed E-state index contributed by atoms with van der Waals surface area (Å²) in [6.07, 6.45) is 1.68. The number of carboxylic acids is 1. The zero-order chi connectivity index (χ0) is 11.3. The topological polar surface area (TPSA) is 66.8 Å². The third-order valence-electron chi connectivity index (χ3n) is 2.42. The van der Waals surface area contributed by atoms with Gasteiger partial charge in [-0.3, -0.25) is 4.79 Å². The highest BCUT2D eigenvalue weighted by atomic mass is 16.6. The minimum absolute atomic E-state index is 0.0654. The van der Waals surface area contributed by atoms with Crippen molar-refractivity contribution in [3.63, 3.8) is 0 Å². The normalized spacial score (nSPS) is 21.3. The van der Waals surface area contributed by atoms with Crippen molar-refractivity contribution in [2.45, 2.75) is 26.2 Å². The summed E-state index contributed by atoms with van der Waals surface area (Å²) in [6.45, 7) is 3.44. The van der Waals surface area contributed by atoms with E-state index < -0.39 is 5.97 Å². The molecule has 0 saturated carbocycles. The first kappa shape index (κ1) is 11.8. The molecule has 0 spiro atoms. The SMILES string of the molecule is CCCCN1CC(CC(=O)O)COC1=O. The smallest absolute Gasteiger partial charge is 0.409 e. The second kappa shape index (κ2) is 5.58. The number of ether oxygens (including phenoxy) is 1. The lowest BCUT2D eigenvalue weighted by Gasteiger charge is -2.31. The molecule has 86 valence electrons. The molecule has 0 aromatic carbocycles. The fraction of sp³-hybridized carbons (Fsp3) is 0.800. The van der Waals surface area contributed by atoms with Gasteiger partial charge in [-0.15, -0.1) is 0 Å². The number of amides is 1. The van der Waals surface area contributed by atoms with E-state index in [0.717, 1.165) is 12.8 Å². The van der Waals surface area contributed by atoms with Crippen LogP contribution in [0.15, 0.2) is 0 Å². The van der Waals surface area contributed by atoms with Crippen LogP contribution in [0.1, 0.15) is 26.2 Å². The van der Waals surface area contributed by atoms with E-state index in [2.05, 4.69) is 0 Å². The highest BCUT2D eigenvalue weighted by Gasteiger charge is 2.27. The lowest BCUT2D eigenvalue weighted by Crippen LogP contribution is -2.44. The number of nitrogens with zero attached hydrogens (tertiary/aromatic N) is 1. The Kier molecular flexibility index (Phi) is 4.39. The first-order valence-electron chi connectivity index (χ1n) is 5.27. The maximum Gasteiger partial charge on any atom is 0.409 e. The van der Waals surface area contributed by atoms with Crippen molar-refractivity contribution < 1.29 is 19.4 Å². The first-order valence-corrected chi connectivity index (χ1v) is 5.27. The monoisotopic (exact) mass is 215 g/mol. The minimum Gasteiger partial charge on any atom is -0.481 e. The predicted molar refractivity (Wildman–Crippen MR) is 53.6 cm³/mol. The summed E-state index contributed by atoms with van der Waals surface area (Å²) in [5.74, 6) is -0.912. The maximum absolute atomic E-state index is 11.3. The van der Waals surface area contributed by atoms with E-state index in [1.165, 1.54) is 0 Å². The average Bonchev–Trinajstić information content (AvgIpc) is 2.18. The van der Waals surface area contributed by atoms with Gasteiger partial charge in [-0.2, -0.15) is 0 Å². The van der Waals surface area contributed by atoms with Crippen LogP contribution in [0.3, 0.4) is 0 Å². The number of cyclic esters (lactones) is 1. The van der Waals surface area contributed by atoms with Crippen LogP contribution >= 0.6 is 0 Å². The molecule has 0 bridgehead atoms. The second-order valence-corrected chi connectivity index (χ2v) is 3.84.